The Bertz CT molecular complexity index is 365. The van der Waals surface area contributed by atoms with Crippen LogP contribution in [-0.2, 0) is 9.59 Å². The first-order chi connectivity index (χ1) is 9.87. The number of aliphatic carboxylic acids is 2. The number of carbonyl (C=O) groups is 2. The van der Waals surface area contributed by atoms with Crippen LogP contribution in [0.2, 0.25) is 0 Å². The molecule has 122 valence electrons. The van der Waals surface area contributed by atoms with E-state index in [4.69, 9.17) is 10.8 Å². The standard InChI is InChI=1S/C12H23N3O6/c1-2-3-7-12(14-20,11(18)19)15(21)9(10(16)17)6-4-5-8-13/h9,21H,2-8,13H2,1H3,(H,16,17)(H,18,19)/t9-,12+/m0/s1. The van der Waals surface area contributed by atoms with Gasteiger partial charge in [0.15, 0.2) is 0 Å². The van der Waals surface area contributed by atoms with Gasteiger partial charge in [-0.3, -0.25) is 4.79 Å². The molecule has 0 amide bonds. The number of hydroxylamine groups is 2. The predicted molar refractivity (Wildman–Crippen MR) is 73.6 cm³/mol. The summed E-state index contributed by atoms with van der Waals surface area (Å²) in [5, 5.41) is 31.0. The van der Waals surface area contributed by atoms with Crippen LogP contribution in [0.1, 0.15) is 45.4 Å². The van der Waals surface area contributed by atoms with E-state index < -0.39 is 23.6 Å². The molecule has 0 saturated heterocycles. The molecule has 0 aromatic heterocycles. The Labute approximate surface area is 122 Å². The maximum Gasteiger partial charge on any atom is 0.352 e. The van der Waals surface area contributed by atoms with Crippen molar-refractivity contribution in [3.05, 3.63) is 4.91 Å². The number of hydrogen-bond donors (Lipinski definition) is 4. The summed E-state index contributed by atoms with van der Waals surface area (Å²) < 4.78 is 0. The molecule has 2 atom stereocenters. The van der Waals surface area contributed by atoms with E-state index in [-0.39, 0.29) is 17.9 Å². The molecule has 0 spiro atoms. The second-order valence-corrected chi connectivity index (χ2v) is 4.80. The number of hydrogen-bond acceptors (Lipinski definition) is 7. The highest BCUT2D eigenvalue weighted by atomic mass is 16.5. The second kappa shape index (κ2) is 9.37. The molecule has 0 heterocycles. The van der Waals surface area contributed by atoms with Gasteiger partial charge in [-0.1, -0.05) is 13.3 Å². The molecule has 0 rings (SSSR count). The largest absolute Gasteiger partial charge is 0.480 e. The molecule has 0 saturated carbocycles. The van der Waals surface area contributed by atoms with Gasteiger partial charge in [0.2, 0.25) is 0 Å². The maximum absolute atomic E-state index is 11.3. The Morgan fingerprint density at radius 3 is 2.29 bits per heavy atom. The van der Waals surface area contributed by atoms with Crippen molar-refractivity contribution in [2.75, 3.05) is 6.54 Å². The Morgan fingerprint density at radius 2 is 1.90 bits per heavy atom. The molecule has 21 heavy (non-hydrogen) atoms. The minimum absolute atomic E-state index is 0.0281. The Morgan fingerprint density at radius 1 is 1.29 bits per heavy atom. The first-order valence-corrected chi connectivity index (χ1v) is 6.86. The van der Waals surface area contributed by atoms with Gasteiger partial charge in [-0.2, -0.15) is 0 Å². The highest BCUT2D eigenvalue weighted by molar-refractivity contribution is 5.80. The minimum Gasteiger partial charge on any atom is -0.480 e. The second-order valence-electron chi connectivity index (χ2n) is 4.80. The first kappa shape index (κ1) is 19.4. The van der Waals surface area contributed by atoms with E-state index in [1.54, 1.807) is 6.92 Å². The molecule has 0 aliphatic carbocycles. The number of unbranched alkanes of at least 4 members (excludes halogenated alkanes) is 2. The van der Waals surface area contributed by atoms with E-state index in [0.717, 1.165) is 0 Å². The maximum atomic E-state index is 11.3. The van der Waals surface area contributed by atoms with Crippen molar-refractivity contribution in [1.29, 1.82) is 0 Å². The summed E-state index contributed by atoms with van der Waals surface area (Å²) in [5.74, 6) is -3.08. The minimum atomic E-state index is -2.48. The van der Waals surface area contributed by atoms with Crippen LogP contribution in [0, 0.1) is 4.91 Å². The number of carboxylic acids is 2. The summed E-state index contributed by atoms with van der Waals surface area (Å²) >= 11 is 0. The summed E-state index contributed by atoms with van der Waals surface area (Å²) in [6, 6.07) is -1.53. The van der Waals surface area contributed by atoms with Crippen molar-refractivity contribution < 1.29 is 25.0 Å². The van der Waals surface area contributed by atoms with Gasteiger partial charge >= 0.3 is 11.9 Å². The van der Waals surface area contributed by atoms with Gasteiger partial charge in [0, 0.05) is 6.42 Å². The first-order valence-electron chi connectivity index (χ1n) is 6.86. The molecule has 0 fully saturated rings. The van der Waals surface area contributed by atoms with Gasteiger partial charge in [-0.25, -0.2) is 4.79 Å². The van der Waals surface area contributed by atoms with Gasteiger partial charge < -0.3 is 21.2 Å². The van der Waals surface area contributed by atoms with Crippen LogP contribution < -0.4 is 5.73 Å². The average molecular weight is 305 g/mol. The zero-order chi connectivity index (χ0) is 16.5. The van der Waals surface area contributed by atoms with Crippen LogP contribution >= 0.6 is 0 Å². The smallest absolute Gasteiger partial charge is 0.352 e. The molecule has 0 aromatic rings. The van der Waals surface area contributed by atoms with Crippen LogP contribution in [0.15, 0.2) is 5.18 Å². The quantitative estimate of drug-likeness (QED) is 0.236. The highest BCUT2D eigenvalue weighted by Crippen LogP contribution is 2.27. The Hall–Kier alpha value is -1.58. The summed E-state index contributed by atoms with van der Waals surface area (Å²) in [6.45, 7) is 2.12. The van der Waals surface area contributed by atoms with Crippen molar-refractivity contribution in [3.8, 4) is 0 Å². The Balaban J connectivity index is 5.27. The van der Waals surface area contributed by atoms with Crippen molar-refractivity contribution >= 4 is 11.9 Å². The van der Waals surface area contributed by atoms with Crippen LogP contribution in [0.5, 0.6) is 0 Å². The third-order valence-corrected chi connectivity index (χ3v) is 3.26. The summed E-state index contributed by atoms with van der Waals surface area (Å²) in [4.78, 5) is 33.6. The lowest BCUT2D eigenvalue weighted by molar-refractivity contribution is -0.222. The molecular formula is C12H23N3O6. The van der Waals surface area contributed by atoms with Crippen molar-refractivity contribution in [2.45, 2.75) is 57.2 Å². The van der Waals surface area contributed by atoms with Crippen molar-refractivity contribution in [3.63, 3.8) is 0 Å². The average Bonchev–Trinajstić information content (AvgIpc) is 2.43. The van der Waals surface area contributed by atoms with E-state index in [9.17, 15) is 24.8 Å². The normalized spacial score (nSPS) is 15.4. The van der Waals surface area contributed by atoms with E-state index in [1.165, 1.54) is 0 Å². The molecular weight excluding hydrogens is 282 g/mol. The van der Waals surface area contributed by atoms with E-state index in [2.05, 4.69) is 5.18 Å². The van der Waals surface area contributed by atoms with Crippen molar-refractivity contribution in [1.82, 2.24) is 5.06 Å². The van der Waals surface area contributed by atoms with E-state index in [0.29, 0.717) is 32.2 Å². The predicted octanol–water partition coefficient (Wildman–Crippen LogP) is 0.997. The van der Waals surface area contributed by atoms with Gasteiger partial charge in [0.25, 0.3) is 5.66 Å². The fraction of sp³-hybridized carbons (Fsp3) is 0.833. The van der Waals surface area contributed by atoms with Crippen molar-refractivity contribution in [2.24, 2.45) is 10.9 Å². The van der Waals surface area contributed by atoms with Crippen LogP contribution in [-0.4, -0.2) is 50.7 Å². The summed E-state index contributed by atoms with van der Waals surface area (Å²) in [6.07, 6.45) is 1.50. The zero-order valence-corrected chi connectivity index (χ0v) is 12.1. The Kier molecular flexibility index (Phi) is 8.67. The van der Waals surface area contributed by atoms with E-state index in [1.807, 2.05) is 0 Å². The van der Waals surface area contributed by atoms with Crippen LogP contribution in [0.3, 0.4) is 0 Å². The molecule has 0 aliphatic heterocycles. The third kappa shape index (κ3) is 5.03. The monoisotopic (exact) mass is 305 g/mol. The topological polar surface area (TPSA) is 154 Å². The molecule has 0 aliphatic rings. The molecule has 0 unspecified atom stereocenters. The molecule has 0 aromatic carbocycles. The van der Waals surface area contributed by atoms with Crippen LogP contribution in [0.4, 0.5) is 0 Å². The highest BCUT2D eigenvalue weighted by Gasteiger charge is 2.50. The molecule has 0 radical (unpaired) electrons. The van der Waals surface area contributed by atoms with E-state index >= 15 is 0 Å². The molecule has 9 nitrogen and oxygen atoms in total. The molecule has 9 heteroatoms. The summed E-state index contributed by atoms with van der Waals surface area (Å²) in [7, 11) is 0. The SMILES string of the molecule is CCCC[C@](N=O)(C(=O)O)N(O)[C@@H](CCCCN)C(=O)O. The molecule has 0 bridgehead atoms. The zero-order valence-electron chi connectivity index (χ0n) is 12.1. The number of nitroso groups, excluding NO2 is 1. The number of nitrogens with two attached hydrogens (primary N) is 1. The number of rotatable bonds is 12. The van der Waals surface area contributed by atoms with Gasteiger partial charge in [0.05, 0.1) is 0 Å². The van der Waals surface area contributed by atoms with Gasteiger partial charge in [0.1, 0.15) is 6.04 Å². The number of nitrogens with zero attached hydrogens (tertiary/aromatic N) is 2. The van der Waals surface area contributed by atoms with Gasteiger partial charge in [-0.15, -0.1) is 9.97 Å². The lowest BCUT2D eigenvalue weighted by atomic mass is 9.99. The lowest BCUT2D eigenvalue weighted by Crippen LogP contribution is -2.57. The van der Waals surface area contributed by atoms with Crippen LogP contribution in [0.25, 0.3) is 0 Å². The fourth-order valence-corrected chi connectivity index (χ4v) is 1.96. The summed E-state index contributed by atoms with van der Waals surface area (Å²) in [5.41, 5.74) is 2.82. The van der Waals surface area contributed by atoms with Gasteiger partial charge in [-0.05, 0) is 37.4 Å². The number of carboxylic acid groups (broad SMARTS) is 2. The fourth-order valence-electron chi connectivity index (χ4n) is 1.96. The third-order valence-electron chi connectivity index (χ3n) is 3.26. The lowest BCUT2D eigenvalue weighted by Gasteiger charge is -2.33. The molecule has 5 N–H and O–H groups in total.